The van der Waals surface area contributed by atoms with Gasteiger partial charge in [-0.15, -0.1) is 0 Å². The summed E-state index contributed by atoms with van der Waals surface area (Å²) in [6.45, 7) is 6.32. The van der Waals surface area contributed by atoms with Gasteiger partial charge in [-0.3, -0.25) is 9.69 Å². The molecule has 1 aliphatic rings. The summed E-state index contributed by atoms with van der Waals surface area (Å²) >= 11 is 0. The first-order chi connectivity index (χ1) is 16.1. The maximum absolute atomic E-state index is 12.6. The monoisotopic (exact) mass is 468 g/mol. The third-order valence-electron chi connectivity index (χ3n) is 6.21. The number of pyridine rings is 1. The van der Waals surface area contributed by atoms with Crippen molar-refractivity contribution in [2.24, 2.45) is 5.92 Å². The number of rotatable bonds is 7. The number of aryl methyl sites for hydroxylation is 1. The fourth-order valence-corrected chi connectivity index (χ4v) is 4.50. The zero-order valence-electron chi connectivity index (χ0n) is 20.4. The van der Waals surface area contributed by atoms with Crippen LogP contribution in [0, 0.1) is 5.92 Å². The molecule has 2 heterocycles. The fraction of sp³-hybridized carbons (Fsp3) is 0.519. The van der Waals surface area contributed by atoms with Gasteiger partial charge in [-0.05, 0) is 76.0 Å². The second-order valence-electron chi connectivity index (χ2n) is 10.1. The maximum Gasteiger partial charge on any atom is 0.411 e. The third-order valence-corrected chi connectivity index (χ3v) is 6.21. The lowest BCUT2D eigenvalue weighted by atomic mass is 9.90. The first kappa shape index (κ1) is 25.5. The van der Waals surface area contributed by atoms with E-state index < -0.39 is 23.7 Å². The molecule has 0 radical (unpaired) electrons. The van der Waals surface area contributed by atoms with Crippen LogP contribution in [0.2, 0.25) is 0 Å². The molecule has 1 saturated heterocycles. The number of carbonyl (C=O) groups is 2. The van der Waals surface area contributed by atoms with Crippen molar-refractivity contribution in [3.05, 3.63) is 70.1 Å². The molecular weight excluding hydrogens is 432 g/mol. The second kappa shape index (κ2) is 11.4. The molecule has 34 heavy (non-hydrogen) atoms. The van der Waals surface area contributed by atoms with Crippen molar-refractivity contribution in [3.63, 3.8) is 0 Å². The summed E-state index contributed by atoms with van der Waals surface area (Å²) in [5.74, 6) is -0.705. The van der Waals surface area contributed by atoms with Crippen molar-refractivity contribution in [2.45, 2.75) is 77.5 Å². The van der Waals surface area contributed by atoms with Gasteiger partial charge in [-0.25, -0.2) is 9.59 Å². The number of aliphatic carboxylic acids is 1. The third kappa shape index (κ3) is 7.47. The Balaban J connectivity index is 1.52. The average molecular weight is 469 g/mol. The van der Waals surface area contributed by atoms with Crippen LogP contribution < -0.4 is 5.56 Å². The minimum Gasteiger partial charge on any atom is -0.480 e. The highest BCUT2D eigenvalue weighted by molar-refractivity contribution is 5.80. The Morgan fingerprint density at radius 3 is 2.44 bits per heavy atom. The van der Waals surface area contributed by atoms with E-state index in [0.29, 0.717) is 19.5 Å². The van der Waals surface area contributed by atoms with Gasteiger partial charge in [-0.2, -0.15) is 0 Å². The van der Waals surface area contributed by atoms with E-state index in [1.165, 1.54) is 10.5 Å². The molecule has 1 aromatic heterocycles. The van der Waals surface area contributed by atoms with Gasteiger partial charge in [0.15, 0.2) is 0 Å². The van der Waals surface area contributed by atoms with Crippen molar-refractivity contribution < 1.29 is 19.4 Å². The Morgan fingerprint density at radius 1 is 1.09 bits per heavy atom. The van der Waals surface area contributed by atoms with E-state index in [1.54, 1.807) is 43.7 Å². The molecule has 2 atom stereocenters. The Morgan fingerprint density at radius 2 is 1.79 bits per heavy atom. The van der Waals surface area contributed by atoms with Gasteiger partial charge < -0.3 is 14.4 Å². The van der Waals surface area contributed by atoms with Gasteiger partial charge in [0.2, 0.25) is 0 Å². The number of carboxylic acids is 1. The van der Waals surface area contributed by atoms with Gasteiger partial charge in [0, 0.05) is 18.8 Å². The van der Waals surface area contributed by atoms with Crippen LogP contribution in [0.1, 0.15) is 64.0 Å². The molecule has 1 fully saturated rings. The van der Waals surface area contributed by atoms with Crippen LogP contribution in [-0.2, 0) is 22.5 Å². The second-order valence-corrected chi connectivity index (χ2v) is 10.1. The van der Waals surface area contributed by atoms with Gasteiger partial charge in [0.25, 0.3) is 5.56 Å². The molecule has 1 amide bonds. The molecule has 1 N–H and O–H groups in total. The quantitative estimate of drug-likeness (QED) is 0.636. The summed E-state index contributed by atoms with van der Waals surface area (Å²) in [5, 5.41) is 9.78. The summed E-state index contributed by atoms with van der Waals surface area (Å²) in [7, 11) is 0. The first-order valence-electron chi connectivity index (χ1n) is 12.1. The Hall–Kier alpha value is -3.09. The van der Waals surface area contributed by atoms with Crippen LogP contribution >= 0.6 is 0 Å². The maximum atomic E-state index is 12.6. The summed E-state index contributed by atoms with van der Waals surface area (Å²) in [6, 6.07) is 12.6. The number of amides is 1. The van der Waals surface area contributed by atoms with Gasteiger partial charge in [0.1, 0.15) is 11.6 Å². The van der Waals surface area contributed by atoms with Gasteiger partial charge in [-0.1, -0.05) is 36.8 Å². The molecule has 1 aliphatic heterocycles. The van der Waals surface area contributed by atoms with E-state index in [1.807, 2.05) is 6.07 Å². The predicted molar refractivity (Wildman–Crippen MR) is 131 cm³/mol. The largest absolute Gasteiger partial charge is 0.480 e. The lowest BCUT2D eigenvalue weighted by Gasteiger charge is -2.30. The smallest absolute Gasteiger partial charge is 0.411 e. The molecule has 1 aromatic carbocycles. The van der Waals surface area contributed by atoms with E-state index in [-0.39, 0.29) is 11.5 Å². The molecule has 3 rings (SSSR count). The number of aromatic nitrogens is 1. The standard InChI is InChI=1S/C27H36N2O5/c1-27(2,3)34-26(33)29-17-7-10-21(18-23(29)25(31)32)9-6-8-20-12-14-22(15-13-20)19-28-16-5-4-11-24(28)30/h4-5,11-16,21,23H,6-10,17-19H2,1-3H3,(H,31,32). The van der Waals surface area contributed by atoms with E-state index in [9.17, 15) is 19.5 Å². The van der Waals surface area contributed by atoms with Crippen LogP contribution in [0.25, 0.3) is 0 Å². The topological polar surface area (TPSA) is 88.8 Å². The zero-order chi connectivity index (χ0) is 24.7. The van der Waals surface area contributed by atoms with Crippen molar-refractivity contribution in [3.8, 4) is 0 Å². The number of nitrogens with zero attached hydrogens (tertiary/aromatic N) is 2. The number of hydrogen-bond acceptors (Lipinski definition) is 4. The highest BCUT2D eigenvalue weighted by Gasteiger charge is 2.36. The van der Waals surface area contributed by atoms with E-state index >= 15 is 0 Å². The van der Waals surface area contributed by atoms with Crippen molar-refractivity contribution >= 4 is 12.1 Å². The summed E-state index contributed by atoms with van der Waals surface area (Å²) in [6.07, 6.45) is 6.19. The number of ether oxygens (including phenoxy) is 1. The lowest BCUT2D eigenvalue weighted by molar-refractivity contribution is -0.143. The van der Waals surface area contributed by atoms with E-state index in [4.69, 9.17) is 4.74 Å². The molecule has 7 heteroatoms. The van der Waals surface area contributed by atoms with Crippen molar-refractivity contribution in [2.75, 3.05) is 6.54 Å². The number of hydrogen-bond donors (Lipinski definition) is 1. The molecule has 0 spiro atoms. The molecule has 7 nitrogen and oxygen atoms in total. The molecule has 0 saturated carbocycles. The van der Waals surface area contributed by atoms with Crippen LogP contribution in [0.4, 0.5) is 4.79 Å². The minimum atomic E-state index is -0.967. The van der Waals surface area contributed by atoms with Gasteiger partial charge >= 0.3 is 12.1 Å². The molecular formula is C27H36N2O5. The van der Waals surface area contributed by atoms with Crippen LogP contribution in [-0.4, -0.2) is 44.8 Å². The number of carboxylic acid groups (broad SMARTS) is 1. The minimum absolute atomic E-state index is 0.0140. The van der Waals surface area contributed by atoms with E-state index in [2.05, 4.69) is 24.3 Å². The average Bonchev–Trinajstić information content (AvgIpc) is 2.98. The number of benzene rings is 1. The lowest BCUT2D eigenvalue weighted by Crippen LogP contribution is -2.47. The Labute approximate surface area is 201 Å². The normalized spacial score (nSPS) is 18.9. The summed E-state index contributed by atoms with van der Waals surface area (Å²) in [4.78, 5) is 37.8. The fourth-order valence-electron chi connectivity index (χ4n) is 4.50. The summed E-state index contributed by atoms with van der Waals surface area (Å²) in [5.41, 5.74) is 1.63. The van der Waals surface area contributed by atoms with Crippen LogP contribution in [0.15, 0.2) is 53.5 Å². The predicted octanol–water partition coefficient (Wildman–Crippen LogP) is 4.71. The van der Waals surface area contributed by atoms with E-state index in [0.717, 1.165) is 37.7 Å². The molecule has 2 aromatic rings. The number of carbonyl (C=O) groups excluding carboxylic acids is 1. The Kier molecular flexibility index (Phi) is 8.53. The first-order valence-corrected chi connectivity index (χ1v) is 12.1. The van der Waals surface area contributed by atoms with Crippen molar-refractivity contribution in [1.82, 2.24) is 9.47 Å². The highest BCUT2D eigenvalue weighted by Crippen LogP contribution is 2.28. The van der Waals surface area contributed by atoms with Crippen LogP contribution in [0.5, 0.6) is 0 Å². The Bertz CT molecular complexity index is 1020. The zero-order valence-corrected chi connectivity index (χ0v) is 20.4. The molecule has 2 unspecified atom stereocenters. The van der Waals surface area contributed by atoms with Crippen LogP contribution in [0.3, 0.4) is 0 Å². The molecule has 0 bridgehead atoms. The van der Waals surface area contributed by atoms with Crippen molar-refractivity contribution in [1.29, 1.82) is 0 Å². The molecule has 184 valence electrons. The van der Waals surface area contributed by atoms with Gasteiger partial charge in [0.05, 0.1) is 6.54 Å². The summed E-state index contributed by atoms with van der Waals surface area (Å²) < 4.78 is 7.13. The SMILES string of the molecule is CC(C)(C)OC(=O)N1CCCC(CCCc2ccc(Cn3ccccc3=O)cc2)CC1C(=O)O. The number of likely N-dealkylation sites (tertiary alicyclic amines) is 1. The highest BCUT2D eigenvalue weighted by atomic mass is 16.6. The molecule has 0 aliphatic carbocycles.